The molecule has 28 heavy (non-hydrogen) atoms. The highest BCUT2D eigenvalue weighted by atomic mass is 16.1. The highest BCUT2D eigenvalue weighted by Gasteiger charge is 2.16. The summed E-state index contributed by atoms with van der Waals surface area (Å²) in [4.78, 5) is 42.9. The fraction of sp³-hybridized carbons (Fsp3) is 0.333. The van der Waals surface area contributed by atoms with E-state index in [9.17, 15) is 19.2 Å². The van der Waals surface area contributed by atoms with Gasteiger partial charge >= 0.3 is 0 Å². The molecular formula is C24H38O4. The normalized spacial score (nSPS) is 11.7. The first-order valence-electron chi connectivity index (χ1n) is 7.88. The third kappa shape index (κ3) is 11.7. The first-order chi connectivity index (χ1) is 11.6. The van der Waals surface area contributed by atoms with Gasteiger partial charge in [-0.1, -0.05) is 81.7 Å². The summed E-state index contributed by atoms with van der Waals surface area (Å²) in [6.07, 6.45) is 7.63. The zero-order valence-corrected chi connectivity index (χ0v) is 14.4. The maximum atomic E-state index is 11.2. The van der Waals surface area contributed by atoms with Gasteiger partial charge in [-0.3, -0.25) is 19.2 Å². The van der Waals surface area contributed by atoms with Gasteiger partial charge < -0.3 is 0 Å². The van der Waals surface area contributed by atoms with E-state index in [4.69, 9.17) is 0 Å². The molecule has 0 aromatic heterocycles. The van der Waals surface area contributed by atoms with Crippen LogP contribution in [-0.2, 0) is 9.59 Å². The predicted molar refractivity (Wildman–Crippen MR) is 122 cm³/mol. The molecule has 0 atom stereocenters. The molecule has 158 valence electrons. The number of rotatable bonds is 0. The van der Waals surface area contributed by atoms with Crippen molar-refractivity contribution < 1.29 is 19.2 Å². The SMILES string of the molecule is C.C.C.C.CC.CC.O=C1C=CC(=O)C=C1.O=C1C=CC(=O)c2ccccc21. The Labute approximate surface area is 172 Å². The van der Waals surface area contributed by atoms with E-state index in [0.717, 1.165) is 0 Å². The fourth-order valence-electron chi connectivity index (χ4n) is 1.68. The number of hydrogen-bond acceptors (Lipinski definition) is 4. The summed E-state index contributed by atoms with van der Waals surface area (Å²) in [6.45, 7) is 8.00. The van der Waals surface area contributed by atoms with Gasteiger partial charge in [-0.25, -0.2) is 0 Å². The molecule has 0 N–H and O–H groups in total. The molecule has 4 heteroatoms. The molecule has 0 fully saturated rings. The maximum absolute atomic E-state index is 11.2. The number of benzene rings is 1. The molecule has 0 heterocycles. The number of hydrogen-bond donors (Lipinski definition) is 0. The van der Waals surface area contributed by atoms with Gasteiger partial charge in [0.15, 0.2) is 23.1 Å². The summed E-state index contributed by atoms with van der Waals surface area (Å²) in [7, 11) is 0. The topological polar surface area (TPSA) is 68.3 Å². The second-order valence-corrected chi connectivity index (χ2v) is 4.08. The molecule has 2 aliphatic carbocycles. The standard InChI is InChI=1S/C10H6O2.C6H4O2.2C2H6.4CH4/c11-9-5-6-10(12)8-4-2-1-3-7(8)9;7-5-1-2-6(8)4-3-5;2*1-2;;;;/h1-6H;1-4H;2*1-2H3;4*1H4. The molecular weight excluding hydrogens is 352 g/mol. The van der Waals surface area contributed by atoms with E-state index in [1.807, 2.05) is 27.7 Å². The van der Waals surface area contributed by atoms with Gasteiger partial charge in [0.25, 0.3) is 0 Å². The van der Waals surface area contributed by atoms with Crippen molar-refractivity contribution in [1.29, 1.82) is 0 Å². The average molecular weight is 391 g/mol. The molecule has 2 aliphatic rings. The van der Waals surface area contributed by atoms with Crippen molar-refractivity contribution in [3.8, 4) is 0 Å². The van der Waals surface area contributed by atoms with Crippen molar-refractivity contribution in [2.75, 3.05) is 0 Å². The lowest BCUT2D eigenvalue weighted by Crippen LogP contribution is -2.10. The smallest absolute Gasteiger partial charge is 0.186 e. The lowest BCUT2D eigenvalue weighted by molar-refractivity contribution is -0.113. The molecule has 1 aromatic rings. The van der Waals surface area contributed by atoms with Crippen LogP contribution in [0.3, 0.4) is 0 Å². The molecule has 0 aliphatic heterocycles. The van der Waals surface area contributed by atoms with Crippen LogP contribution in [0.5, 0.6) is 0 Å². The summed E-state index contributed by atoms with van der Waals surface area (Å²) in [5.41, 5.74) is 1.01. The Balaban J connectivity index is -0.0000000989. The van der Waals surface area contributed by atoms with Crippen molar-refractivity contribution >= 4 is 23.1 Å². The minimum absolute atomic E-state index is 0. The molecule has 4 nitrogen and oxygen atoms in total. The van der Waals surface area contributed by atoms with Crippen LogP contribution in [0.4, 0.5) is 0 Å². The van der Waals surface area contributed by atoms with E-state index >= 15 is 0 Å². The quantitative estimate of drug-likeness (QED) is 0.476. The Morgan fingerprint density at radius 1 is 0.464 bits per heavy atom. The molecule has 0 bridgehead atoms. The van der Waals surface area contributed by atoms with Crippen molar-refractivity contribution in [1.82, 2.24) is 0 Å². The first-order valence-corrected chi connectivity index (χ1v) is 7.88. The van der Waals surface area contributed by atoms with E-state index in [2.05, 4.69) is 0 Å². The van der Waals surface area contributed by atoms with E-state index in [-0.39, 0.29) is 52.8 Å². The van der Waals surface area contributed by atoms with Gasteiger partial charge in [0.2, 0.25) is 0 Å². The monoisotopic (exact) mass is 390 g/mol. The Kier molecular flexibility index (Phi) is 26.3. The molecule has 0 unspecified atom stereocenters. The Morgan fingerprint density at radius 3 is 0.964 bits per heavy atom. The number of fused-ring (bicyclic) bond motifs is 1. The van der Waals surface area contributed by atoms with E-state index < -0.39 is 0 Å². The van der Waals surface area contributed by atoms with E-state index in [1.165, 1.54) is 36.5 Å². The Hall–Kier alpha value is -2.88. The van der Waals surface area contributed by atoms with E-state index in [1.54, 1.807) is 24.3 Å². The van der Waals surface area contributed by atoms with Crippen LogP contribution in [0.2, 0.25) is 0 Å². The van der Waals surface area contributed by atoms with Crippen LogP contribution < -0.4 is 0 Å². The zero-order chi connectivity index (χ0) is 18.5. The zero-order valence-electron chi connectivity index (χ0n) is 14.4. The van der Waals surface area contributed by atoms with Crippen LogP contribution in [0.15, 0.2) is 60.7 Å². The van der Waals surface area contributed by atoms with Crippen molar-refractivity contribution in [3.05, 3.63) is 71.8 Å². The second-order valence-electron chi connectivity index (χ2n) is 4.08. The highest BCUT2D eigenvalue weighted by Crippen LogP contribution is 2.15. The Morgan fingerprint density at radius 2 is 0.714 bits per heavy atom. The predicted octanol–water partition coefficient (Wildman–Crippen LogP) is 6.47. The van der Waals surface area contributed by atoms with Gasteiger partial charge in [-0.05, 0) is 36.5 Å². The van der Waals surface area contributed by atoms with Crippen molar-refractivity contribution in [2.45, 2.75) is 57.4 Å². The minimum Gasteiger partial charge on any atom is -0.290 e. The lowest BCUT2D eigenvalue weighted by atomic mass is 9.95. The number of carbonyl (C=O) groups excluding carboxylic acids is 4. The molecule has 0 saturated carbocycles. The van der Waals surface area contributed by atoms with E-state index in [0.29, 0.717) is 11.1 Å². The number of allylic oxidation sites excluding steroid dienone is 6. The molecule has 0 saturated heterocycles. The fourth-order valence-corrected chi connectivity index (χ4v) is 1.68. The third-order valence-corrected chi connectivity index (χ3v) is 2.67. The van der Waals surface area contributed by atoms with Crippen LogP contribution in [0.25, 0.3) is 0 Å². The molecule has 1 aromatic carbocycles. The average Bonchev–Trinajstić information content (AvgIpc) is 2.65. The van der Waals surface area contributed by atoms with Crippen LogP contribution in [-0.4, -0.2) is 23.1 Å². The van der Waals surface area contributed by atoms with Gasteiger partial charge in [-0.15, -0.1) is 0 Å². The Bertz CT molecular complexity index is 617. The van der Waals surface area contributed by atoms with Gasteiger partial charge in [0, 0.05) is 11.1 Å². The summed E-state index contributed by atoms with van der Waals surface area (Å²) in [6, 6.07) is 6.84. The largest absolute Gasteiger partial charge is 0.290 e. The first kappa shape index (κ1) is 36.1. The van der Waals surface area contributed by atoms with Gasteiger partial charge in [0.1, 0.15) is 0 Å². The van der Waals surface area contributed by atoms with Gasteiger partial charge in [0.05, 0.1) is 0 Å². The lowest BCUT2D eigenvalue weighted by Gasteiger charge is -2.06. The third-order valence-electron chi connectivity index (χ3n) is 2.67. The highest BCUT2D eigenvalue weighted by molar-refractivity contribution is 6.21. The molecule has 0 spiro atoms. The minimum atomic E-state index is -0.121. The van der Waals surface area contributed by atoms with Gasteiger partial charge in [-0.2, -0.15) is 0 Å². The van der Waals surface area contributed by atoms with Crippen LogP contribution in [0.1, 0.15) is 78.1 Å². The summed E-state index contributed by atoms with van der Waals surface area (Å²) >= 11 is 0. The summed E-state index contributed by atoms with van der Waals surface area (Å²) < 4.78 is 0. The summed E-state index contributed by atoms with van der Waals surface area (Å²) in [5.74, 6) is -0.426. The number of carbonyl (C=O) groups is 4. The number of ketones is 4. The maximum Gasteiger partial charge on any atom is 0.186 e. The molecule has 3 rings (SSSR count). The molecule has 0 radical (unpaired) electrons. The van der Waals surface area contributed by atoms with Crippen LogP contribution >= 0.6 is 0 Å². The summed E-state index contributed by atoms with van der Waals surface area (Å²) in [5, 5.41) is 0. The molecule has 0 amide bonds. The van der Waals surface area contributed by atoms with Crippen molar-refractivity contribution in [2.24, 2.45) is 0 Å². The van der Waals surface area contributed by atoms with Crippen molar-refractivity contribution in [3.63, 3.8) is 0 Å². The van der Waals surface area contributed by atoms with Crippen LogP contribution in [0, 0.1) is 0 Å². The second kappa shape index (κ2) is 20.4.